The van der Waals surface area contributed by atoms with Crippen LogP contribution in [0.25, 0.3) is 0 Å². The van der Waals surface area contributed by atoms with Crippen LogP contribution in [-0.4, -0.2) is 37.2 Å². The first-order chi connectivity index (χ1) is 9.72. The van der Waals surface area contributed by atoms with Gasteiger partial charge >= 0.3 is 5.97 Å². The van der Waals surface area contributed by atoms with Crippen molar-refractivity contribution in [1.29, 1.82) is 0 Å². The van der Waals surface area contributed by atoms with Crippen LogP contribution in [-0.2, 0) is 10.0 Å². The molecule has 0 radical (unpaired) electrons. The number of carboxylic acids is 1. The predicted octanol–water partition coefficient (Wildman–Crippen LogP) is 1.90. The van der Waals surface area contributed by atoms with Gasteiger partial charge in [0, 0.05) is 17.1 Å². The highest BCUT2D eigenvalue weighted by molar-refractivity contribution is 9.10. The Hall–Kier alpha value is -0.960. The third-order valence-electron chi connectivity index (χ3n) is 3.05. The molecule has 0 amide bonds. The SMILES string of the molecule is CCC(CCO)NS(=O)(=O)c1cc(C(=O)O)cc(C)c1Br. The minimum Gasteiger partial charge on any atom is -0.478 e. The fourth-order valence-electron chi connectivity index (χ4n) is 1.84. The van der Waals surface area contributed by atoms with Crippen molar-refractivity contribution in [2.45, 2.75) is 37.6 Å². The number of benzene rings is 1. The summed E-state index contributed by atoms with van der Waals surface area (Å²) in [5.74, 6) is -1.19. The van der Waals surface area contributed by atoms with E-state index in [9.17, 15) is 13.2 Å². The van der Waals surface area contributed by atoms with Crippen molar-refractivity contribution >= 4 is 31.9 Å². The quantitative estimate of drug-likeness (QED) is 0.670. The highest BCUT2D eigenvalue weighted by Gasteiger charge is 2.24. The molecule has 0 spiro atoms. The highest BCUT2D eigenvalue weighted by Crippen LogP contribution is 2.27. The Morgan fingerprint density at radius 2 is 2.05 bits per heavy atom. The normalized spacial score (nSPS) is 13.1. The van der Waals surface area contributed by atoms with Gasteiger partial charge in [-0.05, 0) is 53.4 Å². The van der Waals surface area contributed by atoms with Gasteiger partial charge in [-0.3, -0.25) is 0 Å². The zero-order valence-corrected chi connectivity index (χ0v) is 14.2. The first-order valence-corrected chi connectivity index (χ1v) is 8.67. The molecule has 0 aliphatic heterocycles. The van der Waals surface area contributed by atoms with Crippen molar-refractivity contribution in [2.75, 3.05) is 6.61 Å². The Balaban J connectivity index is 3.27. The number of carboxylic acid groups (broad SMARTS) is 1. The van der Waals surface area contributed by atoms with Crippen molar-refractivity contribution in [2.24, 2.45) is 0 Å². The zero-order chi connectivity index (χ0) is 16.2. The monoisotopic (exact) mass is 379 g/mol. The van der Waals surface area contributed by atoms with E-state index in [0.717, 1.165) is 6.07 Å². The molecule has 8 heteroatoms. The number of hydrogen-bond acceptors (Lipinski definition) is 4. The van der Waals surface area contributed by atoms with E-state index in [4.69, 9.17) is 10.2 Å². The molecule has 1 aromatic rings. The summed E-state index contributed by atoms with van der Waals surface area (Å²) in [7, 11) is -3.87. The van der Waals surface area contributed by atoms with E-state index in [1.54, 1.807) is 13.8 Å². The number of carbonyl (C=O) groups is 1. The van der Waals surface area contributed by atoms with E-state index in [-0.39, 0.29) is 17.1 Å². The topological polar surface area (TPSA) is 104 Å². The smallest absolute Gasteiger partial charge is 0.335 e. The molecule has 0 fully saturated rings. The third-order valence-corrected chi connectivity index (χ3v) is 5.91. The number of aryl methyl sites for hydroxylation is 1. The molecular formula is C13H18BrNO5S. The lowest BCUT2D eigenvalue weighted by Crippen LogP contribution is -2.35. The average molecular weight is 380 g/mol. The lowest BCUT2D eigenvalue weighted by molar-refractivity contribution is 0.0696. The second-order valence-electron chi connectivity index (χ2n) is 4.65. The van der Waals surface area contributed by atoms with Crippen LogP contribution in [0.15, 0.2) is 21.5 Å². The Kier molecular flexibility index (Phi) is 6.33. The largest absolute Gasteiger partial charge is 0.478 e. The number of aromatic carboxylic acids is 1. The predicted molar refractivity (Wildman–Crippen MR) is 81.9 cm³/mol. The summed E-state index contributed by atoms with van der Waals surface area (Å²) in [6.07, 6.45) is 0.819. The lowest BCUT2D eigenvalue weighted by Gasteiger charge is -2.17. The van der Waals surface area contributed by atoms with Gasteiger partial charge in [0.25, 0.3) is 0 Å². The first-order valence-electron chi connectivity index (χ1n) is 6.39. The summed E-state index contributed by atoms with van der Waals surface area (Å²) in [4.78, 5) is 10.9. The zero-order valence-electron chi connectivity index (χ0n) is 11.8. The van der Waals surface area contributed by atoms with Gasteiger partial charge in [0.15, 0.2) is 0 Å². The lowest BCUT2D eigenvalue weighted by atomic mass is 10.1. The molecular weight excluding hydrogens is 362 g/mol. The number of rotatable bonds is 7. The Labute approximate surface area is 132 Å². The minimum atomic E-state index is -3.87. The van der Waals surface area contributed by atoms with Crippen LogP contribution in [0.4, 0.5) is 0 Å². The van der Waals surface area contributed by atoms with Gasteiger partial charge in [-0.2, -0.15) is 0 Å². The van der Waals surface area contributed by atoms with E-state index in [2.05, 4.69) is 20.7 Å². The van der Waals surface area contributed by atoms with Crippen LogP contribution in [0.2, 0.25) is 0 Å². The molecule has 1 atom stereocenters. The van der Waals surface area contributed by atoms with Crippen LogP contribution in [0.1, 0.15) is 35.7 Å². The van der Waals surface area contributed by atoms with Crippen LogP contribution in [0.5, 0.6) is 0 Å². The fourth-order valence-corrected chi connectivity index (χ4v) is 4.24. The maximum absolute atomic E-state index is 12.4. The number of aliphatic hydroxyl groups excluding tert-OH is 1. The van der Waals surface area contributed by atoms with Gasteiger partial charge in [0.2, 0.25) is 10.0 Å². The van der Waals surface area contributed by atoms with Crippen molar-refractivity contribution in [1.82, 2.24) is 4.72 Å². The molecule has 0 bridgehead atoms. The van der Waals surface area contributed by atoms with Gasteiger partial charge in [-0.1, -0.05) is 6.92 Å². The van der Waals surface area contributed by atoms with Gasteiger partial charge in [-0.25, -0.2) is 17.9 Å². The van der Waals surface area contributed by atoms with E-state index in [0.29, 0.717) is 22.9 Å². The van der Waals surface area contributed by atoms with E-state index >= 15 is 0 Å². The summed E-state index contributed by atoms with van der Waals surface area (Å²) in [5.41, 5.74) is 0.428. The second-order valence-corrected chi connectivity index (χ2v) is 7.12. The van der Waals surface area contributed by atoms with Gasteiger partial charge in [0.05, 0.1) is 10.5 Å². The maximum Gasteiger partial charge on any atom is 0.335 e. The molecule has 1 unspecified atom stereocenters. The van der Waals surface area contributed by atoms with Crippen molar-refractivity contribution < 1.29 is 23.4 Å². The average Bonchev–Trinajstić information content (AvgIpc) is 2.40. The molecule has 0 heterocycles. The molecule has 3 N–H and O–H groups in total. The molecule has 1 aromatic carbocycles. The third kappa shape index (κ3) is 4.50. The number of aliphatic hydroxyl groups is 1. The molecule has 0 saturated carbocycles. The Morgan fingerprint density at radius 3 is 2.52 bits per heavy atom. The van der Waals surface area contributed by atoms with Crippen molar-refractivity contribution in [3.8, 4) is 0 Å². The standard InChI is InChI=1S/C13H18BrNO5S/c1-3-10(4-5-16)15-21(19,20)11-7-9(13(17)18)6-8(2)12(11)14/h6-7,10,15-16H,3-5H2,1-2H3,(H,17,18). The molecule has 0 aliphatic carbocycles. The van der Waals surface area contributed by atoms with Crippen LogP contribution < -0.4 is 4.72 Å². The molecule has 21 heavy (non-hydrogen) atoms. The minimum absolute atomic E-state index is 0.0914. The van der Waals surface area contributed by atoms with E-state index in [1.165, 1.54) is 6.07 Å². The molecule has 0 saturated heterocycles. The first kappa shape index (κ1) is 18.1. The molecule has 0 aromatic heterocycles. The van der Waals surface area contributed by atoms with Gasteiger partial charge < -0.3 is 10.2 Å². The molecule has 1 rings (SSSR count). The second kappa shape index (κ2) is 7.35. The molecule has 0 aliphatic rings. The van der Waals surface area contributed by atoms with E-state index in [1.807, 2.05) is 0 Å². The maximum atomic E-state index is 12.4. The van der Waals surface area contributed by atoms with Crippen LogP contribution in [0.3, 0.4) is 0 Å². The number of nitrogens with one attached hydrogen (secondary N) is 1. The summed E-state index contributed by atoms with van der Waals surface area (Å²) < 4.78 is 27.6. The summed E-state index contributed by atoms with van der Waals surface area (Å²) in [6, 6.07) is 2.12. The van der Waals surface area contributed by atoms with Crippen LogP contribution in [0, 0.1) is 6.92 Å². The van der Waals surface area contributed by atoms with Gasteiger partial charge in [-0.15, -0.1) is 0 Å². The molecule has 118 valence electrons. The van der Waals surface area contributed by atoms with Gasteiger partial charge in [0.1, 0.15) is 0 Å². The highest BCUT2D eigenvalue weighted by atomic mass is 79.9. The fraction of sp³-hybridized carbons (Fsp3) is 0.462. The summed E-state index contributed by atoms with van der Waals surface area (Å²) in [6.45, 7) is 3.30. The van der Waals surface area contributed by atoms with Crippen LogP contribution >= 0.6 is 15.9 Å². The molecule has 6 nitrogen and oxygen atoms in total. The van der Waals surface area contributed by atoms with E-state index < -0.39 is 22.0 Å². The number of sulfonamides is 1. The Morgan fingerprint density at radius 1 is 1.43 bits per heavy atom. The van der Waals surface area contributed by atoms with Crippen molar-refractivity contribution in [3.63, 3.8) is 0 Å². The Bertz CT molecular complexity index is 630. The number of hydrogen-bond donors (Lipinski definition) is 3. The summed E-state index contributed by atoms with van der Waals surface area (Å²) >= 11 is 3.19. The summed E-state index contributed by atoms with van der Waals surface area (Å²) in [5, 5.41) is 18.0. The van der Waals surface area contributed by atoms with Crippen molar-refractivity contribution in [3.05, 3.63) is 27.7 Å². The number of halogens is 1.